The van der Waals surface area contributed by atoms with Gasteiger partial charge in [0.05, 0.1) is 17.6 Å². The second-order valence-corrected chi connectivity index (χ2v) is 6.88. The molecule has 0 saturated carbocycles. The van der Waals surface area contributed by atoms with E-state index in [1.807, 2.05) is 43.3 Å². The van der Waals surface area contributed by atoms with E-state index in [1.54, 1.807) is 24.4 Å². The third-order valence-electron chi connectivity index (χ3n) is 4.57. The molecule has 0 bridgehead atoms. The fraction of sp³-hybridized carbons (Fsp3) is 0.174. The number of anilines is 2. The molecule has 0 aliphatic rings. The Morgan fingerprint density at radius 1 is 0.966 bits per heavy atom. The first-order chi connectivity index (χ1) is 14.0. The molecule has 6 nitrogen and oxygen atoms in total. The number of pyridine rings is 1. The number of aromatic nitrogens is 1. The Morgan fingerprint density at radius 2 is 1.66 bits per heavy atom. The topological polar surface area (TPSA) is 97.1 Å². The largest absolute Gasteiger partial charge is 0.396 e. The van der Waals surface area contributed by atoms with Crippen molar-refractivity contribution in [3.05, 3.63) is 89.2 Å². The molecule has 2 aromatic carbocycles. The van der Waals surface area contributed by atoms with Crippen LogP contribution in [0.5, 0.6) is 0 Å². The van der Waals surface area contributed by atoms with E-state index >= 15 is 0 Å². The molecule has 2 amide bonds. The molecule has 0 saturated heterocycles. The van der Waals surface area contributed by atoms with Crippen LogP contribution in [0.3, 0.4) is 0 Å². The first-order valence-electron chi connectivity index (χ1n) is 9.43. The van der Waals surface area contributed by atoms with Crippen molar-refractivity contribution in [2.24, 2.45) is 0 Å². The van der Waals surface area contributed by atoms with Gasteiger partial charge in [-0.2, -0.15) is 0 Å². The number of hydrogen-bond donors (Lipinski definition) is 3. The number of aryl methyl sites for hydroxylation is 2. The van der Waals surface area contributed by atoms with Crippen molar-refractivity contribution in [2.45, 2.75) is 26.3 Å². The number of rotatable bonds is 7. The summed E-state index contributed by atoms with van der Waals surface area (Å²) in [6.45, 7) is 2.46. The third kappa shape index (κ3) is 5.90. The maximum atomic E-state index is 12.3. The molecule has 1 aromatic heterocycles. The van der Waals surface area contributed by atoms with Gasteiger partial charge < -0.3 is 16.4 Å². The third-order valence-corrected chi connectivity index (χ3v) is 4.57. The van der Waals surface area contributed by atoms with E-state index in [1.165, 1.54) is 11.8 Å². The molecule has 3 rings (SSSR count). The smallest absolute Gasteiger partial charge is 0.255 e. The quantitative estimate of drug-likeness (QED) is 0.577. The van der Waals surface area contributed by atoms with Gasteiger partial charge in [-0.1, -0.05) is 42.0 Å². The van der Waals surface area contributed by atoms with Gasteiger partial charge in [-0.15, -0.1) is 0 Å². The van der Waals surface area contributed by atoms with Gasteiger partial charge >= 0.3 is 0 Å². The number of nitrogen functional groups attached to an aromatic ring is 1. The van der Waals surface area contributed by atoms with E-state index in [0.29, 0.717) is 36.3 Å². The van der Waals surface area contributed by atoms with Gasteiger partial charge in [0.2, 0.25) is 5.91 Å². The van der Waals surface area contributed by atoms with E-state index in [4.69, 9.17) is 5.73 Å². The molecule has 148 valence electrons. The zero-order valence-corrected chi connectivity index (χ0v) is 16.3. The summed E-state index contributed by atoms with van der Waals surface area (Å²) in [5.41, 5.74) is 10.5. The average Bonchev–Trinajstić information content (AvgIpc) is 2.74. The predicted octanol–water partition coefficient (Wildman–Crippen LogP) is 3.47. The van der Waals surface area contributed by atoms with Gasteiger partial charge in [0, 0.05) is 24.7 Å². The van der Waals surface area contributed by atoms with Crippen LogP contribution in [0, 0.1) is 6.92 Å². The van der Waals surface area contributed by atoms with Gasteiger partial charge in [-0.3, -0.25) is 14.6 Å². The van der Waals surface area contributed by atoms with Crippen LogP contribution in [0.15, 0.2) is 67.0 Å². The highest BCUT2D eigenvalue weighted by Gasteiger charge is 2.08. The monoisotopic (exact) mass is 388 g/mol. The lowest BCUT2D eigenvalue weighted by Gasteiger charge is -2.09. The van der Waals surface area contributed by atoms with Crippen LogP contribution in [0.25, 0.3) is 0 Å². The molecule has 3 aromatic rings. The van der Waals surface area contributed by atoms with Gasteiger partial charge in [0.15, 0.2) is 0 Å². The fourth-order valence-electron chi connectivity index (χ4n) is 2.79. The molecule has 0 unspecified atom stereocenters. The molecular formula is C23H24N4O2. The standard InChI is InChI=1S/C23H24N4O2/c1-16-2-4-17(5-3-16)8-11-22(28)26-14-18-6-9-19(10-7-18)23(29)27-21-12-13-25-15-20(21)24/h2-7,9-10,12-13,15H,8,11,14,24H2,1H3,(H,26,28)(H,25,27,29). The van der Waals surface area contributed by atoms with Crippen molar-refractivity contribution < 1.29 is 9.59 Å². The molecule has 6 heteroatoms. The summed E-state index contributed by atoms with van der Waals surface area (Å²) >= 11 is 0. The van der Waals surface area contributed by atoms with E-state index in [2.05, 4.69) is 15.6 Å². The van der Waals surface area contributed by atoms with Crippen LogP contribution in [-0.4, -0.2) is 16.8 Å². The van der Waals surface area contributed by atoms with E-state index in [0.717, 1.165) is 11.1 Å². The fourth-order valence-corrected chi connectivity index (χ4v) is 2.79. The second-order valence-electron chi connectivity index (χ2n) is 6.88. The molecule has 0 spiro atoms. The molecule has 4 N–H and O–H groups in total. The highest BCUT2D eigenvalue weighted by molar-refractivity contribution is 6.05. The Kier molecular flexibility index (Phi) is 6.58. The lowest BCUT2D eigenvalue weighted by Crippen LogP contribution is -2.23. The molecule has 1 heterocycles. The van der Waals surface area contributed by atoms with Crippen molar-refractivity contribution in [2.75, 3.05) is 11.1 Å². The maximum Gasteiger partial charge on any atom is 0.255 e. The van der Waals surface area contributed by atoms with Crippen molar-refractivity contribution in [1.82, 2.24) is 10.3 Å². The molecule has 0 radical (unpaired) electrons. The minimum atomic E-state index is -0.253. The molecule has 0 aliphatic heterocycles. The zero-order valence-electron chi connectivity index (χ0n) is 16.3. The summed E-state index contributed by atoms with van der Waals surface area (Å²) in [6.07, 6.45) is 4.21. The number of hydrogen-bond acceptors (Lipinski definition) is 4. The summed E-state index contributed by atoms with van der Waals surface area (Å²) in [5.74, 6) is -0.253. The Labute approximate surface area is 170 Å². The number of nitrogens with two attached hydrogens (primary N) is 1. The minimum Gasteiger partial charge on any atom is -0.396 e. The minimum absolute atomic E-state index is 0.000516. The Hall–Kier alpha value is -3.67. The second kappa shape index (κ2) is 9.50. The summed E-state index contributed by atoms with van der Waals surface area (Å²) in [7, 11) is 0. The maximum absolute atomic E-state index is 12.3. The number of benzene rings is 2. The number of carbonyl (C=O) groups is 2. The molecule has 29 heavy (non-hydrogen) atoms. The zero-order chi connectivity index (χ0) is 20.6. The first-order valence-corrected chi connectivity index (χ1v) is 9.43. The predicted molar refractivity (Wildman–Crippen MR) is 114 cm³/mol. The van der Waals surface area contributed by atoms with Crippen LogP contribution < -0.4 is 16.4 Å². The SMILES string of the molecule is Cc1ccc(CCC(=O)NCc2ccc(C(=O)Nc3ccncc3N)cc2)cc1. The van der Waals surface area contributed by atoms with Crippen molar-refractivity contribution in [3.8, 4) is 0 Å². The van der Waals surface area contributed by atoms with E-state index in [-0.39, 0.29) is 11.8 Å². The van der Waals surface area contributed by atoms with Gasteiger partial charge in [-0.25, -0.2) is 0 Å². The van der Waals surface area contributed by atoms with Gasteiger partial charge in [0.1, 0.15) is 0 Å². The van der Waals surface area contributed by atoms with Crippen molar-refractivity contribution in [3.63, 3.8) is 0 Å². The van der Waals surface area contributed by atoms with Crippen LogP contribution >= 0.6 is 0 Å². The highest BCUT2D eigenvalue weighted by atomic mass is 16.2. The van der Waals surface area contributed by atoms with Crippen molar-refractivity contribution >= 4 is 23.2 Å². The van der Waals surface area contributed by atoms with E-state index in [9.17, 15) is 9.59 Å². The first kappa shape index (κ1) is 20.1. The number of carbonyl (C=O) groups excluding carboxylic acids is 2. The summed E-state index contributed by atoms with van der Waals surface area (Å²) in [4.78, 5) is 28.3. The van der Waals surface area contributed by atoms with E-state index < -0.39 is 0 Å². The van der Waals surface area contributed by atoms with Gasteiger partial charge in [-0.05, 0) is 42.7 Å². The van der Waals surface area contributed by atoms with Crippen LogP contribution in [-0.2, 0) is 17.8 Å². The normalized spacial score (nSPS) is 10.4. The Balaban J connectivity index is 1.47. The summed E-state index contributed by atoms with van der Waals surface area (Å²) < 4.78 is 0. The lowest BCUT2D eigenvalue weighted by molar-refractivity contribution is -0.121. The Morgan fingerprint density at radius 3 is 2.34 bits per heavy atom. The molecular weight excluding hydrogens is 364 g/mol. The van der Waals surface area contributed by atoms with Gasteiger partial charge in [0.25, 0.3) is 5.91 Å². The van der Waals surface area contributed by atoms with Crippen molar-refractivity contribution in [1.29, 1.82) is 0 Å². The number of nitrogens with zero attached hydrogens (tertiary/aromatic N) is 1. The summed E-state index contributed by atoms with van der Waals surface area (Å²) in [6, 6.07) is 16.9. The molecule has 0 fully saturated rings. The van der Waals surface area contributed by atoms with Crippen LogP contribution in [0.1, 0.15) is 33.5 Å². The summed E-state index contributed by atoms with van der Waals surface area (Å²) in [5, 5.41) is 5.67. The van der Waals surface area contributed by atoms with Crippen LogP contribution in [0.2, 0.25) is 0 Å². The highest BCUT2D eigenvalue weighted by Crippen LogP contribution is 2.16. The van der Waals surface area contributed by atoms with Crippen LogP contribution in [0.4, 0.5) is 11.4 Å². The lowest BCUT2D eigenvalue weighted by atomic mass is 10.1. The number of nitrogens with one attached hydrogen (secondary N) is 2. The molecule has 0 atom stereocenters. The Bertz CT molecular complexity index is 983. The average molecular weight is 388 g/mol. The molecule has 0 aliphatic carbocycles. The number of amides is 2.